The van der Waals surface area contributed by atoms with Crippen LogP contribution in [0.3, 0.4) is 0 Å². The first-order chi connectivity index (χ1) is 9.38. The molecule has 0 heterocycles. The van der Waals surface area contributed by atoms with E-state index in [-0.39, 0.29) is 22.0 Å². The second-order valence-corrected chi connectivity index (χ2v) is 5.10. The molecule has 132 valence electrons. The number of alkyl halides is 3. The molecule has 21 heavy (non-hydrogen) atoms. The second kappa shape index (κ2) is 13.3. The van der Waals surface area contributed by atoms with Gasteiger partial charge < -0.3 is 14.8 Å². The Morgan fingerprint density at radius 1 is 1.05 bits per heavy atom. The number of hydrogen-bond donors (Lipinski definition) is 1. The summed E-state index contributed by atoms with van der Waals surface area (Å²) in [7, 11) is 0. The molecule has 2 atom stereocenters. The predicted molar refractivity (Wildman–Crippen MR) is 82.7 cm³/mol. The van der Waals surface area contributed by atoms with Crippen molar-refractivity contribution < 1.29 is 24.1 Å². The largest absolute Gasteiger partial charge is 0.403 e. The van der Waals surface area contributed by atoms with Crippen molar-refractivity contribution in [3.63, 3.8) is 0 Å². The molecule has 0 spiro atoms. The molecule has 0 aromatic carbocycles. The molecular weight excluding hydrogens is 283 g/mol. The van der Waals surface area contributed by atoms with Crippen LogP contribution in [-0.4, -0.2) is 45.2 Å². The fraction of sp³-hybridized carbons (Fsp3) is 1.00. The zero-order chi connectivity index (χ0) is 15.4. The van der Waals surface area contributed by atoms with Crippen LogP contribution in [0.4, 0.5) is 13.2 Å². The molecule has 0 aliphatic rings. The molecule has 0 aromatic heterocycles. The fourth-order valence-corrected chi connectivity index (χ4v) is 1.52. The molecule has 0 saturated carbocycles. The minimum absolute atomic E-state index is 0. The quantitative estimate of drug-likeness (QED) is 0.545. The summed E-state index contributed by atoms with van der Waals surface area (Å²) in [6, 6.07) is -1.50. The average Bonchev–Trinajstić information content (AvgIpc) is 2.39. The van der Waals surface area contributed by atoms with Gasteiger partial charge in [-0.1, -0.05) is 27.7 Å². The predicted octanol–water partition coefficient (Wildman–Crippen LogP) is 4.27. The molecule has 0 saturated heterocycles. The lowest BCUT2D eigenvalue weighted by molar-refractivity contribution is -0.151. The Balaban J connectivity index is -0.00000180. The normalized spacial score (nSPS) is 14.6. The van der Waals surface area contributed by atoms with Crippen molar-refractivity contribution in [3.05, 3.63) is 0 Å². The van der Waals surface area contributed by atoms with E-state index < -0.39 is 12.2 Å². The van der Waals surface area contributed by atoms with Crippen molar-refractivity contribution in [3.8, 4) is 0 Å². The molecule has 0 amide bonds. The Kier molecular flexibility index (Phi) is 14.6. The van der Waals surface area contributed by atoms with Gasteiger partial charge in [0.2, 0.25) is 0 Å². The Bertz CT molecular complexity index is 231. The summed E-state index contributed by atoms with van der Waals surface area (Å²) < 4.78 is 47.0. The Morgan fingerprint density at radius 3 is 2.14 bits per heavy atom. The third-order valence-electron chi connectivity index (χ3n) is 3.24. The van der Waals surface area contributed by atoms with Crippen molar-refractivity contribution in [1.29, 1.82) is 0 Å². The van der Waals surface area contributed by atoms with Crippen molar-refractivity contribution in [2.75, 3.05) is 33.0 Å². The van der Waals surface area contributed by atoms with E-state index in [2.05, 4.69) is 19.2 Å². The molecule has 0 radical (unpaired) electrons. The van der Waals surface area contributed by atoms with Crippen LogP contribution in [0.2, 0.25) is 0 Å². The fourth-order valence-electron chi connectivity index (χ4n) is 1.52. The van der Waals surface area contributed by atoms with Crippen LogP contribution in [0, 0.1) is 5.92 Å². The Morgan fingerprint density at radius 2 is 1.62 bits per heavy atom. The molecule has 1 N–H and O–H groups in total. The van der Waals surface area contributed by atoms with Crippen LogP contribution in [0.25, 0.3) is 0 Å². The summed E-state index contributed by atoms with van der Waals surface area (Å²) in [4.78, 5) is 0. The lowest BCUT2D eigenvalue weighted by atomic mass is 10.0. The molecule has 0 fully saturated rings. The number of rotatable bonds is 12. The lowest BCUT2D eigenvalue weighted by Gasteiger charge is -2.17. The summed E-state index contributed by atoms with van der Waals surface area (Å²) in [6.07, 6.45) is -0.804. The van der Waals surface area contributed by atoms with Crippen LogP contribution in [0.1, 0.15) is 48.9 Å². The summed E-state index contributed by atoms with van der Waals surface area (Å²) in [5.74, 6) is 0.733. The number of halogens is 3. The maximum Gasteiger partial charge on any atom is 0.403 e. The van der Waals surface area contributed by atoms with Gasteiger partial charge in [-0.3, -0.25) is 0 Å². The number of nitrogens with one attached hydrogen (secondary N) is 1. The molecular formula is C15H34F3NO2. The highest BCUT2D eigenvalue weighted by atomic mass is 19.4. The lowest BCUT2D eigenvalue weighted by Crippen LogP contribution is -2.41. The molecule has 0 aliphatic carbocycles. The SMILES string of the molecule is C.CCC(C)CCCOCCOCCNC(C)C(F)(F)F.[HH]. The first-order valence-electron chi connectivity index (χ1n) is 7.33. The minimum atomic E-state index is -4.20. The van der Waals surface area contributed by atoms with Gasteiger partial charge in [0.25, 0.3) is 0 Å². The molecule has 0 rings (SSSR count). The Hall–Kier alpha value is -0.330. The zero-order valence-electron chi connectivity index (χ0n) is 12.8. The maximum absolute atomic E-state index is 12.2. The van der Waals surface area contributed by atoms with E-state index in [1.807, 2.05) is 0 Å². The van der Waals surface area contributed by atoms with Crippen LogP contribution < -0.4 is 5.32 Å². The van der Waals surface area contributed by atoms with Crippen LogP contribution in [0.5, 0.6) is 0 Å². The zero-order valence-corrected chi connectivity index (χ0v) is 12.8. The number of hydrogen-bond acceptors (Lipinski definition) is 3. The highest BCUT2D eigenvalue weighted by molar-refractivity contribution is 4.68. The summed E-state index contributed by atoms with van der Waals surface area (Å²) in [6.45, 7) is 7.58. The minimum Gasteiger partial charge on any atom is -0.379 e. The van der Waals surface area contributed by atoms with E-state index in [9.17, 15) is 13.2 Å². The van der Waals surface area contributed by atoms with Gasteiger partial charge in [0.15, 0.2) is 0 Å². The molecule has 6 heteroatoms. The Labute approximate surface area is 129 Å². The van der Waals surface area contributed by atoms with Gasteiger partial charge >= 0.3 is 6.18 Å². The monoisotopic (exact) mass is 317 g/mol. The van der Waals surface area contributed by atoms with Crippen LogP contribution in [-0.2, 0) is 9.47 Å². The van der Waals surface area contributed by atoms with Gasteiger partial charge in [-0.05, 0) is 25.7 Å². The van der Waals surface area contributed by atoms with E-state index in [4.69, 9.17) is 9.47 Å². The first-order valence-corrected chi connectivity index (χ1v) is 7.33. The smallest absolute Gasteiger partial charge is 0.379 e. The van der Waals surface area contributed by atoms with Gasteiger partial charge in [-0.25, -0.2) is 0 Å². The topological polar surface area (TPSA) is 30.5 Å². The van der Waals surface area contributed by atoms with E-state index >= 15 is 0 Å². The van der Waals surface area contributed by atoms with Crippen LogP contribution in [0.15, 0.2) is 0 Å². The van der Waals surface area contributed by atoms with E-state index in [0.29, 0.717) is 13.2 Å². The average molecular weight is 317 g/mol. The van der Waals surface area contributed by atoms with Gasteiger partial charge in [-0.2, -0.15) is 13.2 Å². The third-order valence-corrected chi connectivity index (χ3v) is 3.24. The number of ether oxygens (including phenoxy) is 2. The van der Waals surface area contributed by atoms with Gasteiger partial charge in [-0.15, -0.1) is 0 Å². The van der Waals surface area contributed by atoms with Crippen molar-refractivity contribution in [1.82, 2.24) is 5.32 Å². The highest BCUT2D eigenvalue weighted by Crippen LogP contribution is 2.19. The summed E-state index contributed by atoms with van der Waals surface area (Å²) in [5.41, 5.74) is 0. The molecule has 0 bridgehead atoms. The molecule has 2 unspecified atom stereocenters. The van der Waals surface area contributed by atoms with Gasteiger partial charge in [0, 0.05) is 14.6 Å². The van der Waals surface area contributed by atoms with E-state index in [1.165, 1.54) is 6.42 Å². The molecule has 0 aromatic rings. The maximum atomic E-state index is 12.2. The van der Waals surface area contributed by atoms with E-state index in [0.717, 1.165) is 32.3 Å². The van der Waals surface area contributed by atoms with E-state index in [1.54, 1.807) is 0 Å². The van der Waals surface area contributed by atoms with Gasteiger partial charge in [0.05, 0.1) is 19.8 Å². The first kappa shape index (κ1) is 22.9. The second-order valence-electron chi connectivity index (χ2n) is 5.10. The van der Waals surface area contributed by atoms with Crippen LogP contribution >= 0.6 is 0 Å². The molecule has 0 aliphatic heterocycles. The van der Waals surface area contributed by atoms with Gasteiger partial charge in [0.1, 0.15) is 6.04 Å². The standard InChI is InChI=1S/C14H28F3NO2.CH4.H2/c1-4-12(2)6-5-8-19-10-11-20-9-7-18-13(3)14(15,16)17;;/h12-13,18H,4-11H2,1-3H3;1H4;1H. The van der Waals surface area contributed by atoms with Crippen molar-refractivity contribution in [2.24, 2.45) is 5.92 Å². The summed E-state index contributed by atoms with van der Waals surface area (Å²) in [5, 5.41) is 2.36. The van der Waals surface area contributed by atoms with Crippen molar-refractivity contribution >= 4 is 0 Å². The van der Waals surface area contributed by atoms with Crippen molar-refractivity contribution in [2.45, 2.75) is 59.7 Å². The highest BCUT2D eigenvalue weighted by Gasteiger charge is 2.35. The molecule has 3 nitrogen and oxygen atoms in total. The third kappa shape index (κ3) is 14.4. The summed E-state index contributed by atoms with van der Waals surface area (Å²) >= 11 is 0.